The molecule has 2 aliphatic heterocycles. The Morgan fingerprint density at radius 2 is 1.94 bits per heavy atom. The van der Waals surface area contributed by atoms with Gasteiger partial charge in [0, 0.05) is 12.6 Å². The molecule has 1 N–H and O–H groups in total. The van der Waals surface area contributed by atoms with E-state index in [-0.39, 0.29) is 4.65 Å². The van der Waals surface area contributed by atoms with Crippen molar-refractivity contribution >= 4 is 0 Å². The molecule has 3 rings (SSSR count). The van der Waals surface area contributed by atoms with Crippen LogP contribution in [-0.4, -0.2) is 54.5 Å². The minimum absolute atomic E-state index is 0.0938. The Hall–Kier alpha value is -0.160. The second-order valence-corrected chi connectivity index (χ2v) is 6.07. The van der Waals surface area contributed by atoms with Crippen LogP contribution in [0.4, 0.5) is 0 Å². The second-order valence-electron chi connectivity index (χ2n) is 6.07. The van der Waals surface area contributed by atoms with Crippen molar-refractivity contribution in [1.82, 2.24) is 10.2 Å². The van der Waals surface area contributed by atoms with Gasteiger partial charge in [0.15, 0.2) is 0 Å². The fourth-order valence-corrected chi connectivity index (χ4v) is 3.86. The lowest BCUT2D eigenvalue weighted by molar-refractivity contribution is -0.897. The summed E-state index contributed by atoms with van der Waals surface area (Å²) < 4.78 is 0.0938. The van der Waals surface area contributed by atoms with E-state index in [0.29, 0.717) is 12.1 Å². The zero-order valence-corrected chi connectivity index (χ0v) is 10.7. The van der Waals surface area contributed by atoms with Crippen molar-refractivity contribution in [3.05, 3.63) is 5.21 Å². The first-order chi connectivity index (χ1) is 8.28. The largest absolute Gasteiger partial charge is 0.632 e. The van der Waals surface area contributed by atoms with Gasteiger partial charge in [-0.15, -0.1) is 0 Å². The summed E-state index contributed by atoms with van der Waals surface area (Å²) in [4.78, 5) is 2.46. The van der Waals surface area contributed by atoms with Crippen LogP contribution in [0.25, 0.3) is 0 Å². The van der Waals surface area contributed by atoms with Crippen molar-refractivity contribution in [2.24, 2.45) is 0 Å². The molecule has 0 aromatic rings. The van der Waals surface area contributed by atoms with E-state index in [2.05, 4.69) is 10.2 Å². The monoisotopic (exact) mass is 239 g/mol. The van der Waals surface area contributed by atoms with Gasteiger partial charge in [-0.2, -0.15) is 0 Å². The van der Waals surface area contributed by atoms with Crippen LogP contribution in [0.1, 0.15) is 38.5 Å². The standard InChI is InChI=1S/C13H25N3O/c17-16(13-5-1-2-6-13)9-8-15(11-16)12-4-3-7-14-10-12/h12-14H,1-11H2. The minimum Gasteiger partial charge on any atom is -0.632 e. The summed E-state index contributed by atoms with van der Waals surface area (Å²) in [5, 5.41) is 16.3. The summed E-state index contributed by atoms with van der Waals surface area (Å²) in [6.45, 7) is 4.86. The maximum Gasteiger partial charge on any atom is 0.135 e. The van der Waals surface area contributed by atoms with E-state index in [4.69, 9.17) is 0 Å². The summed E-state index contributed by atoms with van der Waals surface area (Å²) >= 11 is 0. The van der Waals surface area contributed by atoms with Crippen LogP contribution in [0.15, 0.2) is 0 Å². The van der Waals surface area contributed by atoms with Gasteiger partial charge >= 0.3 is 0 Å². The Labute approximate surface area is 104 Å². The molecule has 2 atom stereocenters. The lowest BCUT2D eigenvalue weighted by Gasteiger charge is -2.44. The first kappa shape index (κ1) is 11.9. The number of rotatable bonds is 2. The molecule has 4 nitrogen and oxygen atoms in total. The van der Waals surface area contributed by atoms with E-state index in [1.807, 2.05) is 0 Å². The molecule has 3 fully saturated rings. The Bertz CT molecular complexity index is 261. The molecule has 0 radical (unpaired) electrons. The number of hydrogen-bond donors (Lipinski definition) is 1. The molecule has 1 saturated carbocycles. The Morgan fingerprint density at radius 1 is 1.12 bits per heavy atom. The topological polar surface area (TPSA) is 38.3 Å². The van der Waals surface area contributed by atoms with Crippen LogP contribution in [0, 0.1) is 5.21 Å². The zero-order chi connectivity index (χ0) is 11.7. The molecule has 1 aliphatic carbocycles. The summed E-state index contributed by atoms with van der Waals surface area (Å²) in [6, 6.07) is 1.04. The number of piperidine rings is 1. The molecular formula is C13H25N3O. The molecule has 0 bridgehead atoms. The molecule has 2 saturated heterocycles. The molecular weight excluding hydrogens is 214 g/mol. The van der Waals surface area contributed by atoms with Gasteiger partial charge in [-0.1, -0.05) is 0 Å². The zero-order valence-electron chi connectivity index (χ0n) is 10.7. The highest BCUT2D eigenvalue weighted by molar-refractivity contribution is 4.81. The number of nitrogens with zero attached hydrogens (tertiary/aromatic N) is 2. The number of hydroxylamine groups is 3. The van der Waals surface area contributed by atoms with E-state index in [9.17, 15) is 5.21 Å². The normalized spacial score (nSPS) is 41.1. The Balaban J connectivity index is 1.59. The van der Waals surface area contributed by atoms with Gasteiger partial charge in [0.25, 0.3) is 0 Å². The SMILES string of the molecule is [O-][N+]1(C2CCCC2)CCN(C2CCCNC2)C1. The van der Waals surface area contributed by atoms with Crippen LogP contribution in [-0.2, 0) is 0 Å². The lowest BCUT2D eigenvalue weighted by atomic mass is 10.1. The van der Waals surface area contributed by atoms with Crippen LogP contribution < -0.4 is 5.32 Å². The fourth-order valence-electron chi connectivity index (χ4n) is 3.86. The molecule has 0 spiro atoms. The lowest BCUT2D eigenvalue weighted by Crippen LogP contribution is -2.51. The van der Waals surface area contributed by atoms with E-state index in [1.165, 1.54) is 38.5 Å². The molecule has 2 heterocycles. The summed E-state index contributed by atoms with van der Waals surface area (Å²) in [5.74, 6) is 0. The third-order valence-corrected chi connectivity index (χ3v) is 4.96. The van der Waals surface area contributed by atoms with E-state index >= 15 is 0 Å². The summed E-state index contributed by atoms with van der Waals surface area (Å²) in [6.07, 6.45) is 7.43. The molecule has 0 aromatic carbocycles. The molecule has 0 aromatic heterocycles. The van der Waals surface area contributed by atoms with E-state index in [0.717, 1.165) is 32.8 Å². The highest BCUT2D eigenvalue weighted by Crippen LogP contribution is 2.32. The average Bonchev–Trinajstić information content (AvgIpc) is 3.00. The second kappa shape index (κ2) is 4.84. The summed E-state index contributed by atoms with van der Waals surface area (Å²) in [5.41, 5.74) is 0. The fraction of sp³-hybridized carbons (Fsp3) is 1.00. The first-order valence-corrected chi connectivity index (χ1v) is 7.30. The van der Waals surface area contributed by atoms with Gasteiger partial charge in [0.2, 0.25) is 0 Å². The van der Waals surface area contributed by atoms with Gasteiger partial charge in [-0.25, -0.2) is 4.90 Å². The summed E-state index contributed by atoms with van der Waals surface area (Å²) in [7, 11) is 0. The molecule has 17 heavy (non-hydrogen) atoms. The highest BCUT2D eigenvalue weighted by Gasteiger charge is 2.40. The van der Waals surface area contributed by atoms with Gasteiger partial charge in [0.05, 0.1) is 19.1 Å². The van der Waals surface area contributed by atoms with Crippen LogP contribution >= 0.6 is 0 Å². The van der Waals surface area contributed by atoms with Crippen LogP contribution in [0.5, 0.6) is 0 Å². The molecule has 3 aliphatic rings. The van der Waals surface area contributed by atoms with Crippen molar-refractivity contribution in [2.75, 3.05) is 32.8 Å². The molecule has 0 amide bonds. The molecule has 4 heteroatoms. The van der Waals surface area contributed by atoms with Crippen molar-refractivity contribution < 1.29 is 4.65 Å². The van der Waals surface area contributed by atoms with E-state index in [1.54, 1.807) is 0 Å². The Morgan fingerprint density at radius 3 is 2.65 bits per heavy atom. The van der Waals surface area contributed by atoms with Crippen LogP contribution in [0.3, 0.4) is 0 Å². The van der Waals surface area contributed by atoms with Gasteiger partial charge in [0.1, 0.15) is 6.67 Å². The van der Waals surface area contributed by atoms with Crippen molar-refractivity contribution in [3.8, 4) is 0 Å². The minimum atomic E-state index is 0.0938. The quantitative estimate of drug-likeness (QED) is 0.582. The number of hydrogen-bond acceptors (Lipinski definition) is 3. The molecule has 98 valence electrons. The number of nitrogens with one attached hydrogen (secondary N) is 1. The average molecular weight is 239 g/mol. The third-order valence-electron chi connectivity index (χ3n) is 4.96. The smallest absolute Gasteiger partial charge is 0.135 e. The van der Waals surface area contributed by atoms with Crippen molar-refractivity contribution in [3.63, 3.8) is 0 Å². The van der Waals surface area contributed by atoms with Crippen LogP contribution in [0.2, 0.25) is 0 Å². The van der Waals surface area contributed by atoms with Gasteiger partial charge in [-0.3, -0.25) is 0 Å². The van der Waals surface area contributed by atoms with E-state index < -0.39 is 0 Å². The highest BCUT2D eigenvalue weighted by atomic mass is 16.6. The van der Waals surface area contributed by atoms with Gasteiger partial charge in [-0.05, 0) is 45.1 Å². The first-order valence-electron chi connectivity index (χ1n) is 7.30. The van der Waals surface area contributed by atoms with Gasteiger partial charge < -0.3 is 15.2 Å². The van der Waals surface area contributed by atoms with Crippen molar-refractivity contribution in [1.29, 1.82) is 0 Å². The molecule has 2 unspecified atom stereocenters. The maximum absolute atomic E-state index is 12.8. The Kier molecular flexibility index (Phi) is 3.39. The predicted molar refractivity (Wildman–Crippen MR) is 68.2 cm³/mol. The third kappa shape index (κ3) is 2.36. The maximum atomic E-state index is 12.8. The predicted octanol–water partition coefficient (Wildman–Crippen LogP) is 1.27. The number of quaternary nitrogens is 1. The van der Waals surface area contributed by atoms with Crippen molar-refractivity contribution in [2.45, 2.75) is 50.6 Å².